The van der Waals surface area contributed by atoms with E-state index in [1.807, 2.05) is 43.3 Å². The Kier molecular flexibility index (Phi) is 5.56. The lowest BCUT2D eigenvalue weighted by Crippen LogP contribution is -2.46. The number of methoxy groups -OCH3 is 3. The van der Waals surface area contributed by atoms with E-state index in [1.165, 1.54) is 0 Å². The van der Waals surface area contributed by atoms with Gasteiger partial charge in [-0.2, -0.15) is 0 Å². The summed E-state index contributed by atoms with van der Waals surface area (Å²) < 4.78 is 33.6. The van der Waals surface area contributed by atoms with Gasteiger partial charge in [0.05, 0.1) is 39.5 Å². The normalized spacial score (nSPS) is 26.7. The number of carbonyl (C=O) groups is 1. The van der Waals surface area contributed by atoms with Crippen molar-refractivity contribution in [1.29, 1.82) is 0 Å². The van der Waals surface area contributed by atoms with E-state index in [9.17, 15) is 9.90 Å². The zero-order chi connectivity index (χ0) is 24.0. The molecule has 0 amide bonds. The summed E-state index contributed by atoms with van der Waals surface area (Å²) in [5.41, 5.74) is 1.24. The highest BCUT2D eigenvalue weighted by atomic mass is 16.7. The molecule has 8 heteroatoms. The molecule has 0 aromatic heterocycles. The van der Waals surface area contributed by atoms with E-state index in [1.54, 1.807) is 21.3 Å². The van der Waals surface area contributed by atoms with Gasteiger partial charge in [-0.3, -0.25) is 4.79 Å². The molecule has 0 spiro atoms. The van der Waals surface area contributed by atoms with Crippen molar-refractivity contribution in [3.05, 3.63) is 53.1 Å². The van der Waals surface area contributed by atoms with Crippen LogP contribution >= 0.6 is 0 Å². The highest BCUT2D eigenvalue weighted by Gasteiger charge is 2.63. The first-order valence-corrected chi connectivity index (χ1v) is 11.2. The first-order valence-electron chi connectivity index (χ1n) is 11.2. The Bertz CT molecular complexity index is 1130. The number of hydrogen-bond donors (Lipinski definition) is 1. The van der Waals surface area contributed by atoms with Crippen molar-refractivity contribution in [2.45, 2.75) is 25.4 Å². The standard InChI is InChI=1S/C26H28O8/c1-5-6-7-26-17(12-32-25(26)28)23(27)16-11-19-18(33-13-34-19)10-15(16)22(26)14-8-20(29-2)24(31-4)21(9-14)30-3/h5-6,8-11,17,22-23,27H,7,12-13H2,1-4H3/b6-5+/t17-,22-,23+,26+/m1/s1. The van der Waals surface area contributed by atoms with Gasteiger partial charge >= 0.3 is 5.97 Å². The van der Waals surface area contributed by atoms with Crippen molar-refractivity contribution in [3.8, 4) is 28.7 Å². The summed E-state index contributed by atoms with van der Waals surface area (Å²) in [5.74, 6) is 1.32. The van der Waals surface area contributed by atoms with Crippen LogP contribution in [0.25, 0.3) is 0 Å². The quantitative estimate of drug-likeness (QED) is 0.506. The summed E-state index contributed by atoms with van der Waals surface area (Å²) in [4.78, 5) is 13.5. The number of allylic oxidation sites excluding steroid dienone is 2. The topological polar surface area (TPSA) is 92.7 Å². The number of benzene rings is 2. The fourth-order valence-electron chi connectivity index (χ4n) is 5.69. The van der Waals surface area contributed by atoms with Crippen LogP contribution in [0.4, 0.5) is 0 Å². The number of esters is 1. The van der Waals surface area contributed by atoms with Crippen LogP contribution in [0.2, 0.25) is 0 Å². The van der Waals surface area contributed by atoms with Gasteiger partial charge in [-0.25, -0.2) is 0 Å². The fraction of sp³-hybridized carbons (Fsp3) is 0.423. The number of carbonyl (C=O) groups excluding carboxylic acids is 1. The molecule has 34 heavy (non-hydrogen) atoms. The van der Waals surface area contributed by atoms with E-state index < -0.39 is 23.4 Å². The molecule has 2 aliphatic heterocycles. The molecule has 8 nitrogen and oxygen atoms in total. The van der Waals surface area contributed by atoms with Crippen LogP contribution in [0, 0.1) is 11.3 Å². The van der Waals surface area contributed by atoms with Gasteiger partial charge in [0, 0.05) is 11.8 Å². The van der Waals surface area contributed by atoms with Gasteiger partial charge in [0.25, 0.3) is 0 Å². The molecule has 1 aliphatic carbocycles. The molecule has 180 valence electrons. The molecule has 3 aliphatic rings. The molecule has 0 unspecified atom stereocenters. The lowest BCUT2D eigenvalue weighted by Gasteiger charge is -2.45. The molecule has 2 aromatic rings. The predicted molar refractivity (Wildman–Crippen MR) is 122 cm³/mol. The van der Waals surface area contributed by atoms with Crippen LogP contribution < -0.4 is 23.7 Å². The van der Waals surface area contributed by atoms with Crippen LogP contribution in [0.1, 0.15) is 42.1 Å². The largest absolute Gasteiger partial charge is 0.493 e. The number of fused-ring (bicyclic) bond motifs is 3. The third kappa shape index (κ3) is 3.05. The van der Waals surface area contributed by atoms with Gasteiger partial charge in [0.1, 0.15) is 0 Å². The van der Waals surface area contributed by atoms with Crippen LogP contribution in [-0.4, -0.2) is 45.8 Å². The first-order chi connectivity index (χ1) is 16.5. The summed E-state index contributed by atoms with van der Waals surface area (Å²) in [7, 11) is 4.66. The van der Waals surface area contributed by atoms with Crippen molar-refractivity contribution in [1.82, 2.24) is 0 Å². The van der Waals surface area contributed by atoms with E-state index in [0.29, 0.717) is 40.7 Å². The maximum absolute atomic E-state index is 13.5. The van der Waals surface area contributed by atoms with Gasteiger partial charge < -0.3 is 33.5 Å². The Morgan fingerprint density at radius 1 is 1.00 bits per heavy atom. The number of rotatable bonds is 6. The highest BCUT2D eigenvalue weighted by molar-refractivity contribution is 5.83. The molecule has 2 heterocycles. The number of aliphatic hydroxyl groups excluding tert-OH is 1. The van der Waals surface area contributed by atoms with E-state index in [-0.39, 0.29) is 19.4 Å². The van der Waals surface area contributed by atoms with Crippen LogP contribution in [-0.2, 0) is 9.53 Å². The minimum Gasteiger partial charge on any atom is -0.493 e. The molecular formula is C26H28O8. The molecule has 1 saturated heterocycles. The third-order valence-electron chi connectivity index (χ3n) is 7.25. The average Bonchev–Trinajstić information content (AvgIpc) is 3.45. The predicted octanol–water partition coefficient (Wildman–Crippen LogP) is 3.75. The zero-order valence-electron chi connectivity index (χ0n) is 19.6. The van der Waals surface area contributed by atoms with Gasteiger partial charge in [-0.1, -0.05) is 12.2 Å². The summed E-state index contributed by atoms with van der Waals surface area (Å²) in [6.07, 6.45) is 3.36. The minimum atomic E-state index is -1.03. The van der Waals surface area contributed by atoms with Crippen LogP contribution in [0.15, 0.2) is 36.4 Å². The van der Waals surface area contributed by atoms with Gasteiger partial charge in [0.2, 0.25) is 12.5 Å². The van der Waals surface area contributed by atoms with Crippen molar-refractivity contribution in [2.75, 3.05) is 34.7 Å². The Labute approximate surface area is 198 Å². The lowest BCUT2D eigenvalue weighted by molar-refractivity contribution is -0.148. The first kappa shape index (κ1) is 22.4. The summed E-state index contributed by atoms with van der Waals surface area (Å²) in [5, 5.41) is 11.5. The number of aliphatic hydroxyl groups is 1. The van der Waals surface area contributed by atoms with Crippen molar-refractivity contribution < 1.29 is 38.3 Å². The van der Waals surface area contributed by atoms with Gasteiger partial charge in [-0.15, -0.1) is 0 Å². The summed E-state index contributed by atoms with van der Waals surface area (Å²) in [6, 6.07) is 7.40. The maximum atomic E-state index is 13.5. The zero-order valence-corrected chi connectivity index (χ0v) is 19.6. The van der Waals surface area contributed by atoms with E-state index in [2.05, 4.69) is 0 Å². The third-order valence-corrected chi connectivity index (χ3v) is 7.25. The summed E-state index contributed by atoms with van der Waals surface area (Å²) in [6.45, 7) is 2.15. The maximum Gasteiger partial charge on any atom is 0.313 e. The fourth-order valence-corrected chi connectivity index (χ4v) is 5.69. The molecule has 0 radical (unpaired) electrons. The molecule has 1 N–H and O–H groups in total. The van der Waals surface area contributed by atoms with Crippen molar-refractivity contribution in [3.63, 3.8) is 0 Å². The number of cyclic esters (lactones) is 1. The molecule has 1 fully saturated rings. The van der Waals surface area contributed by atoms with E-state index >= 15 is 0 Å². The Morgan fingerprint density at radius 3 is 2.24 bits per heavy atom. The second-order valence-corrected chi connectivity index (χ2v) is 8.69. The van der Waals surface area contributed by atoms with Gasteiger partial charge in [-0.05, 0) is 54.3 Å². The Hall–Kier alpha value is -3.39. The average molecular weight is 469 g/mol. The van der Waals surface area contributed by atoms with Crippen molar-refractivity contribution in [2.24, 2.45) is 11.3 Å². The SMILES string of the molecule is C/C=C/C[C@]12C(=O)OC[C@@H]1[C@@H](O)c1cc3c(cc1[C@H]2c1cc(OC)c(OC)c(OC)c1)OCO3. The summed E-state index contributed by atoms with van der Waals surface area (Å²) >= 11 is 0. The molecule has 0 saturated carbocycles. The Morgan fingerprint density at radius 2 is 1.65 bits per heavy atom. The second kappa shape index (κ2) is 8.43. The second-order valence-electron chi connectivity index (χ2n) is 8.69. The minimum absolute atomic E-state index is 0.109. The van der Waals surface area contributed by atoms with E-state index in [4.69, 9.17) is 28.4 Å². The number of hydrogen-bond acceptors (Lipinski definition) is 8. The Balaban J connectivity index is 1.82. The number of ether oxygens (including phenoxy) is 6. The molecule has 0 bridgehead atoms. The monoisotopic (exact) mass is 468 g/mol. The lowest BCUT2D eigenvalue weighted by atomic mass is 9.55. The van der Waals surface area contributed by atoms with E-state index in [0.717, 1.165) is 11.1 Å². The smallest absolute Gasteiger partial charge is 0.313 e. The van der Waals surface area contributed by atoms with Crippen molar-refractivity contribution >= 4 is 5.97 Å². The molecule has 4 atom stereocenters. The highest BCUT2D eigenvalue weighted by Crippen LogP contribution is 2.63. The van der Waals surface area contributed by atoms with Crippen LogP contribution in [0.5, 0.6) is 28.7 Å². The molecular weight excluding hydrogens is 440 g/mol. The van der Waals surface area contributed by atoms with Gasteiger partial charge in [0.15, 0.2) is 23.0 Å². The molecule has 2 aromatic carbocycles. The van der Waals surface area contributed by atoms with Crippen LogP contribution in [0.3, 0.4) is 0 Å². The molecule has 5 rings (SSSR count).